The van der Waals surface area contributed by atoms with Gasteiger partial charge in [0.1, 0.15) is 4.99 Å². The van der Waals surface area contributed by atoms with E-state index in [2.05, 4.69) is 18.8 Å². The first-order valence-electron chi connectivity index (χ1n) is 3.79. The minimum absolute atomic E-state index is 0.455. The lowest BCUT2D eigenvalue weighted by atomic mass is 10.2. The van der Waals surface area contributed by atoms with Crippen molar-refractivity contribution < 1.29 is 0 Å². The summed E-state index contributed by atoms with van der Waals surface area (Å²) in [6.45, 7) is 6.17. The Morgan fingerprint density at radius 3 is 2.42 bits per heavy atom. The maximum absolute atomic E-state index is 5.53. The van der Waals surface area contributed by atoms with E-state index < -0.39 is 0 Å². The number of rotatable bonds is 2. The van der Waals surface area contributed by atoms with Gasteiger partial charge in [0.25, 0.3) is 0 Å². The van der Waals surface area contributed by atoms with E-state index in [1.54, 1.807) is 11.3 Å². The van der Waals surface area contributed by atoms with Gasteiger partial charge in [-0.3, -0.25) is 0 Å². The smallest absolute Gasteiger partial charge is 0.116 e. The van der Waals surface area contributed by atoms with E-state index >= 15 is 0 Å². The molecular weight excluding hydrogens is 188 g/mol. The van der Waals surface area contributed by atoms with Crippen LogP contribution in [0.1, 0.15) is 35.3 Å². The standard InChI is InChI=1S/C8H12N2S2/c1-4(2)8-10-5(3)6(12-8)7(9)11/h4H,1-3H3,(H2,9,11). The van der Waals surface area contributed by atoms with Gasteiger partial charge in [-0.05, 0) is 6.92 Å². The zero-order chi connectivity index (χ0) is 9.30. The van der Waals surface area contributed by atoms with Crippen molar-refractivity contribution in [1.29, 1.82) is 0 Å². The number of hydrogen-bond donors (Lipinski definition) is 1. The Hall–Kier alpha value is -0.480. The minimum atomic E-state index is 0.455. The second-order valence-electron chi connectivity index (χ2n) is 2.99. The molecule has 2 nitrogen and oxygen atoms in total. The van der Waals surface area contributed by atoms with Crippen molar-refractivity contribution in [2.45, 2.75) is 26.7 Å². The van der Waals surface area contributed by atoms with E-state index in [0.717, 1.165) is 15.6 Å². The molecular formula is C8H12N2S2. The fourth-order valence-electron chi connectivity index (χ4n) is 0.893. The maximum Gasteiger partial charge on any atom is 0.116 e. The quantitative estimate of drug-likeness (QED) is 0.744. The van der Waals surface area contributed by atoms with Crippen LogP contribution in [0, 0.1) is 6.92 Å². The number of aromatic nitrogens is 1. The Morgan fingerprint density at radius 2 is 2.17 bits per heavy atom. The molecule has 0 radical (unpaired) electrons. The summed E-state index contributed by atoms with van der Waals surface area (Å²) in [5.74, 6) is 0.455. The van der Waals surface area contributed by atoms with Crippen molar-refractivity contribution in [3.05, 3.63) is 15.6 Å². The van der Waals surface area contributed by atoms with E-state index in [4.69, 9.17) is 18.0 Å². The van der Waals surface area contributed by atoms with Gasteiger partial charge in [-0.2, -0.15) is 0 Å². The maximum atomic E-state index is 5.53. The van der Waals surface area contributed by atoms with Gasteiger partial charge < -0.3 is 5.73 Å². The molecule has 0 fully saturated rings. The molecule has 2 N–H and O–H groups in total. The molecule has 0 amide bonds. The highest BCUT2D eigenvalue weighted by molar-refractivity contribution is 7.81. The molecule has 0 spiro atoms. The summed E-state index contributed by atoms with van der Waals surface area (Å²) in [7, 11) is 0. The number of thiocarbonyl (C=S) groups is 1. The third-order valence-electron chi connectivity index (χ3n) is 1.53. The van der Waals surface area contributed by atoms with Crippen LogP contribution in [0.2, 0.25) is 0 Å². The van der Waals surface area contributed by atoms with Crippen LogP contribution in [0.4, 0.5) is 0 Å². The number of aryl methyl sites for hydroxylation is 1. The van der Waals surface area contributed by atoms with Crippen molar-refractivity contribution >= 4 is 28.5 Å². The first-order valence-corrected chi connectivity index (χ1v) is 5.02. The van der Waals surface area contributed by atoms with Crippen LogP contribution < -0.4 is 5.73 Å². The fourth-order valence-corrected chi connectivity index (χ4v) is 2.09. The lowest BCUT2D eigenvalue weighted by Gasteiger charge is -1.95. The summed E-state index contributed by atoms with van der Waals surface area (Å²) in [5.41, 5.74) is 6.48. The van der Waals surface area contributed by atoms with Crippen LogP contribution in [0.15, 0.2) is 0 Å². The zero-order valence-corrected chi connectivity index (χ0v) is 9.05. The van der Waals surface area contributed by atoms with Crippen LogP contribution in [0.3, 0.4) is 0 Å². The molecule has 0 saturated carbocycles. The molecule has 1 heterocycles. The third-order valence-corrected chi connectivity index (χ3v) is 3.36. The number of nitrogens with two attached hydrogens (primary N) is 1. The van der Waals surface area contributed by atoms with Crippen LogP contribution in [-0.2, 0) is 0 Å². The van der Waals surface area contributed by atoms with Crippen molar-refractivity contribution in [2.24, 2.45) is 5.73 Å². The number of hydrogen-bond acceptors (Lipinski definition) is 3. The van der Waals surface area contributed by atoms with Crippen molar-refractivity contribution in [3.8, 4) is 0 Å². The predicted octanol–water partition coefficient (Wildman–Crippen LogP) is 2.21. The molecule has 0 aliphatic carbocycles. The molecule has 0 atom stereocenters. The molecule has 12 heavy (non-hydrogen) atoms. The second kappa shape index (κ2) is 3.49. The van der Waals surface area contributed by atoms with Crippen molar-refractivity contribution in [3.63, 3.8) is 0 Å². The molecule has 0 aromatic carbocycles. The minimum Gasteiger partial charge on any atom is -0.389 e. The Balaban J connectivity index is 3.09. The molecule has 0 saturated heterocycles. The van der Waals surface area contributed by atoms with E-state index in [9.17, 15) is 0 Å². The Morgan fingerprint density at radius 1 is 1.58 bits per heavy atom. The normalized spacial score (nSPS) is 10.7. The average Bonchev–Trinajstić information content (AvgIpc) is 2.30. The molecule has 66 valence electrons. The highest BCUT2D eigenvalue weighted by Gasteiger charge is 2.11. The zero-order valence-electron chi connectivity index (χ0n) is 7.42. The van der Waals surface area contributed by atoms with Gasteiger partial charge in [0.2, 0.25) is 0 Å². The lowest BCUT2D eigenvalue weighted by Crippen LogP contribution is -2.08. The van der Waals surface area contributed by atoms with Crippen LogP contribution in [0.5, 0.6) is 0 Å². The molecule has 1 aromatic heterocycles. The van der Waals surface area contributed by atoms with Gasteiger partial charge in [0.05, 0.1) is 15.6 Å². The molecule has 0 aliphatic heterocycles. The molecule has 0 unspecified atom stereocenters. The summed E-state index contributed by atoms with van der Waals surface area (Å²) >= 11 is 6.50. The third kappa shape index (κ3) is 1.81. The van der Waals surface area contributed by atoms with Crippen molar-refractivity contribution in [1.82, 2.24) is 4.98 Å². The van der Waals surface area contributed by atoms with Gasteiger partial charge in [-0.15, -0.1) is 11.3 Å². The van der Waals surface area contributed by atoms with Gasteiger partial charge in [-0.25, -0.2) is 4.98 Å². The summed E-state index contributed by atoms with van der Waals surface area (Å²) in [5, 5.41) is 1.11. The second-order valence-corrected chi connectivity index (χ2v) is 4.46. The number of nitrogens with zero attached hydrogens (tertiary/aromatic N) is 1. The summed E-state index contributed by atoms with van der Waals surface area (Å²) in [6, 6.07) is 0. The Bertz CT molecular complexity index is 302. The lowest BCUT2D eigenvalue weighted by molar-refractivity contribution is 0.847. The molecule has 1 rings (SSSR count). The molecule has 1 aromatic rings. The van der Waals surface area contributed by atoms with E-state index in [0.29, 0.717) is 10.9 Å². The van der Waals surface area contributed by atoms with Crippen LogP contribution >= 0.6 is 23.6 Å². The largest absolute Gasteiger partial charge is 0.389 e. The Kier molecular flexibility index (Phi) is 2.80. The highest BCUT2D eigenvalue weighted by atomic mass is 32.1. The summed E-state index contributed by atoms with van der Waals surface area (Å²) < 4.78 is 0. The van der Waals surface area contributed by atoms with Gasteiger partial charge in [0, 0.05) is 5.92 Å². The van der Waals surface area contributed by atoms with Gasteiger partial charge in [-0.1, -0.05) is 26.1 Å². The average molecular weight is 200 g/mol. The summed E-state index contributed by atoms with van der Waals surface area (Å²) in [6.07, 6.45) is 0. The molecule has 0 bridgehead atoms. The van der Waals surface area contributed by atoms with Gasteiger partial charge in [0.15, 0.2) is 0 Å². The monoisotopic (exact) mass is 200 g/mol. The van der Waals surface area contributed by atoms with Crippen LogP contribution in [0.25, 0.3) is 0 Å². The van der Waals surface area contributed by atoms with Gasteiger partial charge >= 0.3 is 0 Å². The first kappa shape index (κ1) is 9.61. The molecule has 0 aliphatic rings. The fraction of sp³-hybridized carbons (Fsp3) is 0.500. The van der Waals surface area contributed by atoms with Crippen LogP contribution in [-0.4, -0.2) is 9.97 Å². The van der Waals surface area contributed by atoms with E-state index in [1.807, 2.05) is 6.92 Å². The Labute approximate surface area is 81.8 Å². The SMILES string of the molecule is Cc1nc(C(C)C)sc1C(N)=S. The highest BCUT2D eigenvalue weighted by Crippen LogP contribution is 2.24. The summed E-state index contributed by atoms with van der Waals surface area (Å²) in [4.78, 5) is 5.79. The first-order chi connectivity index (χ1) is 5.52. The topological polar surface area (TPSA) is 38.9 Å². The van der Waals surface area contributed by atoms with E-state index in [-0.39, 0.29) is 0 Å². The van der Waals surface area contributed by atoms with E-state index in [1.165, 1.54) is 0 Å². The number of thiazole rings is 1. The van der Waals surface area contributed by atoms with Crippen molar-refractivity contribution in [2.75, 3.05) is 0 Å². The predicted molar refractivity (Wildman–Crippen MR) is 56.8 cm³/mol. The molecule has 4 heteroatoms.